The zero-order chi connectivity index (χ0) is 18.8. The normalized spacial score (nSPS) is 25.4. The minimum atomic E-state index is -0.185. The standard InChI is InChI=1S/C20H25N3O3S/c1-13-5-3-4-6-16(13)23-18(14-7-9-15(25-2)10-8-14)21-22-20(23)27-17-11-12-26-19(17)24/h7-10,13,16-17H,3-6,11-12H2,1-2H3. The van der Waals surface area contributed by atoms with E-state index in [4.69, 9.17) is 9.47 Å². The van der Waals surface area contributed by atoms with Gasteiger partial charge < -0.3 is 9.47 Å². The first kappa shape index (κ1) is 18.3. The van der Waals surface area contributed by atoms with E-state index in [9.17, 15) is 4.79 Å². The first-order chi connectivity index (χ1) is 13.2. The van der Waals surface area contributed by atoms with Gasteiger partial charge in [-0.2, -0.15) is 0 Å². The quantitative estimate of drug-likeness (QED) is 0.719. The zero-order valence-corrected chi connectivity index (χ0v) is 16.6. The van der Waals surface area contributed by atoms with Crippen LogP contribution in [0.2, 0.25) is 0 Å². The van der Waals surface area contributed by atoms with E-state index in [0.29, 0.717) is 18.6 Å². The van der Waals surface area contributed by atoms with Crippen LogP contribution in [0.4, 0.5) is 0 Å². The summed E-state index contributed by atoms with van der Waals surface area (Å²) < 4.78 is 12.7. The van der Waals surface area contributed by atoms with Crippen molar-refractivity contribution in [3.8, 4) is 17.1 Å². The fourth-order valence-electron chi connectivity index (χ4n) is 3.99. The van der Waals surface area contributed by atoms with Crippen LogP contribution in [0.3, 0.4) is 0 Å². The molecule has 7 heteroatoms. The molecule has 27 heavy (non-hydrogen) atoms. The lowest BCUT2D eigenvalue weighted by Crippen LogP contribution is -2.23. The number of hydrogen-bond acceptors (Lipinski definition) is 6. The minimum Gasteiger partial charge on any atom is -0.497 e. The second-order valence-corrected chi connectivity index (χ2v) is 8.47. The van der Waals surface area contributed by atoms with Crippen LogP contribution in [-0.2, 0) is 9.53 Å². The molecule has 6 nitrogen and oxygen atoms in total. The van der Waals surface area contributed by atoms with Crippen molar-refractivity contribution in [1.29, 1.82) is 0 Å². The lowest BCUT2D eigenvalue weighted by Gasteiger charge is -2.31. The van der Waals surface area contributed by atoms with E-state index in [1.165, 1.54) is 31.0 Å². The molecule has 1 aromatic heterocycles. The molecule has 0 bridgehead atoms. The number of benzene rings is 1. The molecule has 1 aliphatic heterocycles. The van der Waals surface area contributed by atoms with Gasteiger partial charge in [0.1, 0.15) is 11.0 Å². The Kier molecular flexibility index (Phi) is 5.38. The monoisotopic (exact) mass is 387 g/mol. The average molecular weight is 388 g/mol. The highest BCUT2D eigenvalue weighted by Crippen LogP contribution is 2.40. The number of methoxy groups -OCH3 is 1. The number of carbonyl (C=O) groups is 1. The summed E-state index contributed by atoms with van der Waals surface area (Å²) in [6.45, 7) is 2.80. The van der Waals surface area contributed by atoms with Gasteiger partial charge in [-0.15, -0.1) is 10.2 Å². The van der Waals surface area contributed by atoms with Gasteiger partial charge in [0.15, 0.2) is 11.0 Å². The third kappa shape index (κ3) is 3.70. The molecule has 3 atom stereocenters. The van der Waals surface area contributed by atoms with Gasteiger partial charge in [-0.1, -0.05) is 31.5 Å². The predicted octanol–water partition coefficient (Wildman–Crippen LogP) is 4.11. The molecule has 144 valence electrons. The molecule has 1 saturated heterocycles. The van der Waals surface area contributed by atoms with Crippen LogP contribution in [0.25, 0.3) is 11.4 Å². The summed E-state index contributed by atoms with van der Waals surface area (Å²) in [5.74, 6) is 2.10. The molecule has 0 radical (unpaired) electrons. The summed E-state index contributed by atoms with van der Waals surface area (Å²) in [5, 5.41) is 9.64. The lowest BCUT2D eigenvalue weighted by molar-refractivity contribution is -0.137. The Morgan fingerprint density at radius 1 is 1.15 bits per heavy atom. The van der Waals surface area contributed by atoms with E-state index in [-0.39, 0.29) is 11.2 Å². The summed E-state index contributed by atoms with van der Waals surface area (Å²) in [6.07, 6.45) is 5.54. The van der Waals surface area contributed by atoms with Crippen molar-refractivity contribution in [2.24, 2.45) is 5.92 Å². The second kappa shape index (κ2) is 7.92. The highest BCUT2D eigenvalue weighted by atomic mass is 32.2. The maximum Gasteiger partial charge on any atom is 0.319 e. The van der Waals surface area contributed by atoms with Gasteiger partial charge in [0.25, 0.3) is 0 Å². The Hall–Kier alpha value is -2.02. The predicted molar refractivity (Wildman–Crippen MR) is 104 cm³/mol. The smallest absolute Gasteiger partial charge is 0.319 e. The molecule has 1 saturated carbocycles. The van der Waals surface area contributed by atoms with Crippen LogP contribution >= 0.6 is 11.8 Å². The number of hydrogen-bond donors (Lipinski definition) is 0. The summed E-state index contributed by atoms with van der Waals surface area (Å²) in [7, 11) is 1.66. The molecule has 2 aliphatic rings. The largest absolute Gasteiger partial charge is 0.497 e. The Labute approximate surface area is 163 Å². The fourth-order valence-corrected chi connectivity index (χ4v) is 5.04. The summed E-state index contributed by atoms with van der Waals surface area (Å²) in [5.41, 5.74) is 1.02. The number of thioether (sulfide) groups is 1. The minimum absolute atomic E-state index is 0.141. The van der Waals surface area contributed by atoms with Crippen LogP contribution in [0.5, 0.6) is 5.75 Å². The van der Waals surface area contributed by atoms with Crippen molar-refractivity contribution in [2.75, 3.05) is 13.7 Å². The van der Waals surface area contributed by atoms with Gasteiger partial charge in [-0.25, -0.2) is 0 Å². The molecular formula is C20H25N3O3S. The molecule has 0 spiro atoms. The highest BCUT2D eigenvalue weighted by Gasteiger charge is 2.33. The summed E-state index contributed by atoms with van der Waals surface area (Å²) in [6, 6.07) is 8.28. The first-order valence-corrected chi connectivity index (χ1v) is 10.5. The topological polar surface area (TPSA) is 66.2 Å². The zero-order valence-electron chi connectivity index (χ0n) is 15.8. The van der Waals surface area contributed by atoms with Gasteiger partial charge in [0.05, 0.1) is 13.7 Å². The molecule has 0 N–H and O–H groups in total. The molecule has 1 aliphatic carbocycles. The number of carbonyl (C=O) groups excluding carboxylic acids is 1. The highest BCUT2D eigenvalue weighted by molar-refractivity contribution is 8.00. The van der Waals surface area contributed by atoms with E-state index in [1.54, 1.807) is 7.11 Å². The summed E-state index contributed by atoms with van der Waals surface area (Å²) >= 11 is 1.49. The van der Waals surface area contributed by atoms with E-state index in [0.717, 1.165) is 35.1 Å². The second-order valence-electron chi connectivity index (χ2n) is 7.30. The number of cyclic esters (lactones) is 1. The number of esters is 1. The Morgan fingerprint density at radius 2 is 1.93 bits per heavy atom. The van der Waals surface area contributed by atoms with Crippen molar-refractivity contribution >= 4 is 17.7 Å². The van der Waals surface area contributed by atoms with Gasteiger partial charge >= 0.3 is 5.97 Å². The first-order valence-electron chi connectivity index (χ1n) is 9.60. The molecule has 2 aromatic rings. The molecule has 3 unspecified atom stereocenters. The van der Waals surface area contributed by atoms with Crippen molar-refractivity contribution in [2.45, 2.75) is 55.5 Å². The van der Waals surface area contributed by atoms with Crippen molar-refractivity contribution < 1.29 is 14.3 Å². The summed E-state index contributed by atoms with van der Waals surface area (Å²) in [4.78, 5) is 12.0. The van der Waals surface area contributed by atoms with Crippen molar-refractivity contribution in [3.63, 3.8) is 0 Å². The molecule has 1 aromatic carbocycles. The maximum atomic E-state index is 12.0. The van der Waals surface area contributed by atoms with Gasteiger partial charge in [-0.05, 0) is 43.0 Å². The van der Waals surface area contributed by atoms with Gasteiger partial charge in [0.2, 0.25) is 0 Å². The number of nitrogens with zero attached hydrogens (tertiary/aromatic N) is 3. The number of ether oxygens (including phenoxy) is 2. The molecular weight excluding hydrogens is 362 g/mol. The third-order valence-corrected chi connectivity index (χ3v) is 6.75. The lowest BCUT2D eigenvalue weighted by atomic mass is 9.85. The Bertz CT molecular complexity index is 805. The van der Waals surface area contributed by atoms with Crippen LogP contribution < -0.4 is 4.74 Å². The molecule has 4 rings (SSSR count). The molecule has 0 amide bonds. The van der Waals surface area contributed by atoms with E-state index < -0.39 is 0 Å². The van der Waals surface area contributed by atoms with Crippen LogP contribution in [0.1, 0.15) is 45.1 Å². The van der Waals surface area contributed by atoms with Crippen molar-refractivity contribution in [3.05, 3.63) is 24.3 Å². The number of aromatic nitrogens is 3. The number of rotatable bonds is 5. The fraction of sp³-hybridized carbons (Fsp3) is 0.550. The van der Waals surface area contributed by atoms with E-state index >= 15 is 0 Å². The van der Waals surface area contributed by atoms with E-state index in [2.05, 4.69) is 21.7 Å². The van der Waals surface area contributed by atoms with E-state index in [1.807, 2.05) is 24.3 Å². The average Bonchev–Trinajstić information content (AvgIpc) is 3.29. The third-order valence-electron chi connectivity index (χ3n) is 5.55. The van der Waals surface area contributed by atoms with Gasteiger partial charge in [0, 0.05) is 18.0 Å². The molecule has 2 fully saturated rings. The Morgan fingerprint density at radius 3 is 2.59 bits per heavy atom. The Balaban J connectivity index is 1.72. The van der Waals surface area contributed by atoms with Crippen LogP contribution in [0, 0.1) is 5.92 Å². The van der Waals surface area contributed by atoms with Crippen molar-refractivity contribution in [1.82, 2.24) is 14.8 Å². The molecule has 2 heterocycles. The van der Waals surface area contributed by atoms with Crippen LogP contribution in [0.15, 0.2) is 29.4 Å². The SMILES string of the molecule is COc1ccc(-c2nnc(SC3CCOC3=O)n2C2CCCCC2C)cc1. The maximum absolute atomic E-state index is 12.0. The van der Waals surface area contributed by atoms with Gasteiger partial charge in [-0.3, -0.25) is 9.36 Å². The van der Waals surface area contributed by atoms with Crippen LogP contribution in [-0.4, -0.2) is 39.7 Å².